The van der Waals surface area contributed by atoms with Gasteiger partial charge in [0.05, 0.1) is 10.7 Å². The van der Waals surface area contributed by atoms with Crippen LogP contribution in [0.1, 0.15) is 13.8 Å². The lowest BCUT2D eigenvalue weighted by Crippen LogP contribution is -2.32. The lowest BCUT2D eigenvalue weighted by molar-refractivity contribution is 0.262. The van der Waals surface area contributed by atoms with Crippen molar-refractivity contribution in [3.8, 4) is 0 Å². The molecular weight excluding hydrogens is 338 g/mol. The Labute approximate surface area is 152 Å². The molecule has 2 rings (SSSR count). The molecule has 25 heavy (non-hydrogen) atoms. The number of hydrogen-bond donors (Lipinski definition) is 5. The number of carbonyl (C=O) groups excluding carboxylic acids is 1. The van der Waals surface area contributed by atoms with Crippen molar-refractivity contribution < 1.29 is 4.79 Å². The topological polar surface area (TPSA) is 89.0 Å². The van der Waals surface area contributed by atoms with E-state index in [0.29, 0.717) is 34.5 Å². The quantitative estimate of drug-likeness (QED) is 0.400. The van der Waals surface area contributed by atoms with E-state index >= 15 is 0 Å². The van der Waals surface area contributed by atoms with Crippen molar-refractivity contribution in [2.24, 2.45) is 5.92 Å². The molecule has 0 saturated carbocycles. The summed E-state index contributed by atoms with van der Waals surface area (Å²) in [6.45, 7) is 4.86. The van der Waals surface area contributed by atoms with Gasteiger partial charge in [-0.2, -0.15) is 0 Å². The third kappa shape index (κ3) is 6.35. The van der Waals surface area contributed by atoms with Crippen LogP contribution in [0.2, 0.25) is 5.02 Å². The highest BCUT2D eigenvalue weighted by molar-refractivity contribution is 6.33. The first kappa shape index (κ1) is 18.6. The smallest absolute Gasteiger partial charge is 0.323 e. The Bertz CT molecular complexity index is 748. The highest BCUT2D eigenvalue weighted by Gasteiger charge is 2.06. The van der Waals surface area contributed by atoms with Crippen LogP contribution in [0, 0.1) is 11.3 Å². The first-order chi connectivity index (χ1) is 11.9. The van der Waals surface area contributed by atoms with Gasteiger partial charge in [0.15, 0.2) is 5.96 Å². The maximum absolute atomic E-state index is 12.1. The molecule has 2 aromatic rings. The van der Waals surface area contributed by atoms with Crippen molar-refractivity contribution in [1.82, 2.24) is 5.32 Å². The second kappa shape index (κ2) is 8.94. The Morgan fingerprint density at radius 3 is 2.40 bits per heavy atom. The SMILES string of the molecule is CC(C)CNC(=N)Nc1cccc(NC(=O)Nc2ccccc2Cl)c1. The van der Waals surface area contributed by atoms with Gasteiger partial charge in [-0.25, -0.2) is 4.79 Å². The van der Waals surface area contributed by atoms with E-state index in [2.05, 4.69) is 35.1 Å². The van der Waals surface area contributed by atoms with Crippen molar-refractivity contribution >= 4 is 40.7 Å². The molecule has 0 aromatic heterocycles. The van der Waals surface area contributed by atoms with Crippen LogP contribution >= 0.6 is 11.6 Å². The van der Waals surface area contributed by atoms with Crippen LogP contribution in [-0.4, -0.2) is 18.5 Å². The van der Waals surface area contributed by atoms with Gasteiger partial charge in [-0.1, -0.05) is 43.6 Å². The van der Waals surface area contributed by atoms with E-state index in [1.54, 1.807) is 42.5 Å². The van der Waals surface area contributed by atoms with Crippen molar-refractivity contribution in [3.63, 3.8) is 0 Å². The molecule has 6 nitrogen and oxygen atoms in total. The molecule has 2 amide bonds. The summed E-state index contributed by atoms with van der Waals surface area (Å²) in [5.41, 5.74) is 1.85. The fraction of sp³-hybridized carbons (Fsp3) is 0.222. The third-order valence-corrected chi connectivity index (χ3v) is 3.53. The van der Waals surface area contributed by atoms with Gasteiger partial charge in [-0.15, -0.1) is 0 Å². The molecule has 0 radical (unpaired) electrons. The fourth-order valence-corrected chi connectivity index (χ4v) is 2.20. The van der Waals surface area contributed by atoms with Crippen LogP contribution in [0.3, 0.4) is 0 Å². The molecule has 0 fully saturated rings. The number of hydrogen-bond acceptors (Lipinski definition) is 2. The number of anilines is 3. The molecule has 0 heterocycles. The molecule has 132 valence electrons. The molecule has 0 aliphatic heterocycles. The monoisotopic (exact) mass is 359 g/mol. The van der Waals surface area contributed by atoms with E-state index in [4.69, 9.17) is 17.0 Å². The van der Waals surface area contributed by atoms with Crippen LogP contribution in [-0.2, 0) is 0 Å². The summed E-state index contributed by atoms with van der Waals surface area (Å²) >= 11 is 6.02. The lowest BCUT2D eigenvalue weighted by atomic mass is 10.2. The predicted octanol–water partition coefficient (Wildman–Crippen LogP) is 4.58. The summed E-state index contributed by atoms with van der Waals surface area (Å²) in [5, 5.41) is 19.7. The van der Waals surface area contributed by atoms with Crippen molar-refractivity contribution in [1.29, 1.82) is 5.41 Å². The number of amides is 2. The number of benzene rings is 2. The predicted molar refractivity (Wildman–Crippen MR) is 105 cm³/mol. The lowest BCUT2D eigenvalue weighted by Gasteiger charge is -2.13. The van der Waals surface area contributed by atoms with Gasteiger partial charge in [0.2, 0.25) is 0 Å². The van der Waals surface area contributed by atoms with E-state index in [9.17, 15) is 4.79 Å². The van der Waals surface area contributed by atoms with Gasteiger partial charge < -0.3 is 21.3 Å². The van der Waals surface area contributed by atoms with Crippen molar-refractivity contribution in [2.45, 2.75) is 13.8 Å². The summed E-state index contributed by atoms with van der Waals surface area (Å²) in [6, 6.07) is 13.8. The Morgan fingerprint density at radius 1 is 1.04 bits per heavy atom. The summed E-state index contributed by atoms with van der Waals surface area (Å²) in [6.07, 6.45) is 0. The van der Waals surface area contributed by atoms with E-state index in [-0.39, 0.29) is 5.96 Å². The van der Waals surface area contributed by atoms with Gasteiger partial charge in [0.1, 0.15) is 0 Å². The second-order valence-electron chi connectivity index (χ2n) is 5.91. The first-order valence-corrected chi connectivity index (χ1v) is 8.34. The molecule has 0 aliphatic rings. The number of guanidine groups is 1. The summed E-state index contributed by atoms with van der Waals surface area (Å²) in [5.74, 6) is 0.662. The zero-order chi connectivity index (χ0) is 18.2. The number of urea groups is 1. The molecule has 0 bridgehead atoms. The Balaban J connectivity index is 1.93. The van der Waals surface area contributed by atoms with Gasteiger partial charge in [0, 0.05) is 17.9 Å². The molecule has 0 spiro atoms. The molecule has 5 N–H and O–H groups in total. The van der Waals surface area contributed by atoms with Crippen LogP contribution in [0.15, 0.2) is 48.5 Å². The molecule has 0 atom stereocenters. The third-order valence-electron chi connectivity index (χ3n) is 3.20. The van der Waals surface area contributed by atoms with Gasteiger partial charge >= 0.3 is 6.03 Å². The van der Waals surface area contributed by atoms with Gasteiger partial charge in [-0.3, -0.25) is 5.41 Å². The van der Waals surface area contributed by atoms with E-state index in [1.165, 1.54) is 0 Å². The number of nitrogens with one attached hydrogen (secondary N) is 5. The number of rotatable bonds is 5. The maximum Gasteiger partial charge on any atom is 0.323 e. The highest BCUT2D eigenvalue weighted by Crippen LogP contribution is 2.21. The first-order valence-electron chi connectivity index (χ1n) is 7.96. The van der Waals surface area contributed by atoms with Gasteiger partial charge in [-0.05, 0) is 36.2 Å². The molecule has 2 aromatic carbocycles. The molecule has 7 heteroatoms. The molecular formula is C18H22ClN5O. The maximum atomic E-state index is 12.1. The normalized spacial score (nSPS) is 10.2. The average Bonchev–Trinajstić information content (AvgIpc) is 2.55. The minimum atomic E-state index is -0.391. The summed E-state index contributed by atoms with van der Waals surface area (Å²) in [4.78, 5) is 12.1. The molecule has 0 unspecified atom stereocenters. The van der Waals surface area contributed by atoms with E-state index < -0.39 is 6.03 Å². The van der Waals surface area contributed by atoms with Crippen molar-refractivity contribution in [2.75, 3.05) is 22.5 Å². The van der Waals surface area contributed by atoms with Crippen LogP contribution in [0.25, 0.3) is 0 Å². The molecule has 0 saturated heterocycles. The Morgan fingerprint density at radius 2 is 1.72 bits per heavy atom. The zero-order valence-electron chi connectivity index (χ0n) is 14.2. The van der Waals surface area contributed by atoms with E-state index in [0.717, 1.165) is 0 Å². The average molecular weight is 360 g/mol. The Hall–Kier alpha value is -2.73. The summed E-state index contributed by atoms with van der Waals surface area (Å²) in [7, 11) is 0. The van der Waals surface area contributed by atoms with Crippen molar-refractivity contribution in [3.05, 3.63) is 53.6 Å². The standard InChI is InChI=1S/C18H22ClN5O/c1-12(2)11-21-17(20)22-13-6-5-7-14(10-13)23-18(25)24-16-9-4-3-8-15(16)19/h3-10,12H,11H2,1-2H3,(H3,20,21,22)(H2,23,24,25). The highest BCUT2D eigenvalue weighted by atomic mass is 35.5. The molecule has 0 aliphatic carbocycles. The Kier molecular flexibility index (Phi) is 6.65. The van der Waals surface area contributed by atoms with Crippen LogP contribution < -0.4 is 21.3 Å². The number of halogens is 1. The largest absolute Gasteiger partial charge is 0.356 e. The van der Waals surface area contributed by atoms with E-state index in [1.807, 2.05) is 6.07 Å². The fourth-order valence-electron chi connectivity index (χ4n) is 2.02. The van der Waals surface area contributed by atoms with Crippen LogP contribution in [0.4, 0.5) is 21.9 Å². The van der Waals surface area contributed by atoms with Gasteiger partial charge in [0.25, 0.3) is 0 Å². The number of carbonyl (C=O) groups is 1. The second-order valence-corrected chi connectivity index (χ2v) is 6.32. The zero-order valence-corrected chi connectivity index (χ0v) is 14.9. The summed E-state index contributed by atoms with van der Waals surface area (Å²) < 4.78 is 0. The minimum Gasteiger partial charge on any atom is -0.356 e. The minimum absolute atomic E-state index is 0.214. The van der Waals surface area contributed by atoms with Crippen LogP contribution in [0.5, 0.6) is 0 Å². The number of para-hydroxylation sites is 1.